The van der Waals surface area contributed by atoms with Crippen LogP contribution in [0.25, 0.3) is 98.1 Å². The molecule has 0 radical (unpaired) electrons. The van der Waals surface area contributed by atoms with Crippen LogP contribution < -0.4 is 17.2 Å². The lowest BCUT2D eigenvalue weighted by Crippen LogP contribution is -2.12. The third-order valence-corrected chi connectivity index (χ3v) is 20.5. The fourth-order valence-electron chi connectivity index (χ4n) is 13.3. The Morgan fingerprint density at radius 1 is 0.207 bits per heavy atom. The number of Topliss-reactive ketones (excluding diaryl/α,β-unsaturated/α-hetero) is 3. The quantitative estimate of drug-likeness (QED) is 0.0597. The minimum Gasteiger partial charge on any atom is -0.506 e. The van der Waals surface area contributed by atoms with Gasteiger partial charge in [0.2, 0.25) is 0 Å². The number of ketones is 3. The number of rotatable bonds is 9. The predicted molar refractivity (Wildman–Crippen MR) is 510 cm³/mol. The van der Waals surface area contributed by atoms with Crippen LogP contribution in [-0.4, -0.2) is 159 Å². The summed E-state index contributed by atoms with van der Waals surface area (Å²) in [5.74, 6) is -4.76. The van der Waals surface area contributed by atoms with Gasteiger partial charge in [-0.1, -0.05) is 103 Å². The van der Waals surface area contributed by atoms with Crippen LogP contribution in [0.15, 0.2) is 218 Å². The molecule has 0 aliphatic rings. The van der Waals surface area contributed by atoms with E-state index in [1.54, 1.807) is 166 Å². The molecule has 0 spiro atoms. The lowest BCUT2D eigenvalue weighted by Gasteiger charge is -2.04. The lowest BCUT2D eigenvalue weighted by atomic mass is 10.1. The zero-order chi connectivity index (χ0) is 99.0. The normalized spacial score (nSPS) is 10.5. The Bertz CT molecular complexity index is 7040. The number of nitrogens with two attached hydrogens (primary N) is 3. The number of amides is 3. The topological polar surface area (TPSA) is 590 Å². The van der Waals surface area contributed by atoms with Crippen LogP contribution in [0.4, 0.5) is 0 Å². The summed E-state index contributed by atoms with van der Waals surface area (Å²) in [6.07, 6.45) is 0. The molecule has 18 rings (SSSR count). The maximum Gasteiger partial charge on any atom is 0.354 e. The molecule has 33 nitrogen and oxygen atoms in total. The molecule has 9 aromatic heterocycles. The van der Waals surface area contributed by atoms with E-state index in [0.717, 1.165) is 93.0 Å². The van der Waals surface area contributed by atoms with E-state index in [-0.39, 0.29) is 103 Å². The highest BCUT2D eigenvalue weighted by atomic mass is 16.4. The monoisotopic (exact) mass is 1820 g/mol. The molecule has 3 amide bonds. The van der Waals surface area contributed by atoms with Crippen LogP contribution in [0.1, 0.15) is 165 Å². The number of primary amides is 3. The average Bonchev–Trinajstić information content (AvgIpc) is 0.798. The van der Waals surface area contributed by atoms with Crippen molar-refractivity contribution in [2.75, 3.05) is 0 Å². The average molecular weight is 1820 g/mol. The number of benzene rings is 9. The number of phenolic OH excluding ortho intramolecular Hbond substituents is 9. The van der Waals surface area contributed by atoms with E-state index in [1.807, 2.05) is 90.1 Å². The van der Waals surface area contributed by atoms with Crippen LogP contribution in [-0.2, 0) is 0 Å². The molecule has 135 heavy (non-hydrogen) atoms. The molecule has 0 saturated heterocycles. The Balaban J connectivity index is 0.000000157. The highest BCUT2D eigenvalue weighted by Crippen LogP contribution is 2.34. The Kier molecular flexibility index (Phi) is 31.3. The van der Waals surface area contributed by atoms with Crippen LogP contribution >= 0.6 is 0 Å². The van der Waals surface area contributed by atoms with Gasteiger partial charge in [-0.15, -0.1) is 0 Å². The first kappa shape index (κ1) is 98.9. The molecule has 0 saturated carbocycles. The number of carboxylic acids is 3. The van der Waals surface area contributed by atoms with Crippen molar-refractivity contribution in [1.29, 1.82) is 0 Å². The standard InChI is InChI=1S/3C12H11NO2.3C11H10N2O2.3C11H9NO3/c1-7-3-6-11(15)12-9(7)4-5-10(13-12)8(2)14;1-7-5-9-3-4-10(8(2)14)13-12(9)11(15)6-7;1-7-3-4-9-5-6-10(8(2)14)13-11(9)12(7)15;1-6-2-5-9(14)10-7(6)3-4-8(13-10)11(12)15;1-6-4-7-2-3-8(11(12)15)13-10(7)9(14)5-6;1-6-2-3-7-4-5-8(11(12)15)13-9(7)10(6)14;1-6-2-5-9(13)10-7(6)3-4-8(12-10)11(14)15;1-6-4-7-2-3-8(11(14)15)12-10(7)9(13)5-6;1-6-2-3-7-4-5-8(11(14)15)12-9(7)10(6)13/h3*3-6,15H,1-2H3;3*2-5,14H,1H3,(H2,12,15);3*2-5,13H,1H3,(H,14,15). The lowest BCUT2D eigenvalue weighted by molar-refractivity contribution is 0.0680. The Labute approximate surface area is 768 Å². The van der Waals surface area contributed by atoms with E-state index in [4.69, 9.17) is 32.5 Å². The van der Waals surface area contributed by atoms with Crippen LogP contribution in [0.3, 0.4) is 0 Å². The van der Waals surface area contributed by atoms with Gasteiger partial charge < -0.3 is 78.5 Å². The summed E-state index contributed by atoms with van der Waals surface area (Å²) >= 11 is 0. The van der Waals surface area contributed by atoms with E-state index < -0.39 is 35.6 Å². The zero-order valence-electron chi connectivity index (χ0n) is 74.6. The molecule has 9 aromatic carbocycles. The SMILES string of the molecule is CC(=O)c1ccc2c(C)ccc(O)c2n1.CC(=O)c1ccc2cc(C)cc(O)c2n1.CC(=O)c1ccc2ccc(C)c(O)c2n1.Cc1cc(O)c2nc(C(=O)O)ccc2c1.Cc1cc(O)c2nc(C(N)=O)ccc2c1.Cc1ccc(O)c2nc(C(=O)O)ccc12.Cc1ccc(O)c2nc(C(N)=O)ccc12.Cc1ccc2ccc(C(=O)O)nc2c1O.Cc1ccc2ccc(C(N)=O)nc2c1O. The van der Waals surface area contributed by atoms with E-state index >= 15 is 0 Å². The summed E-state index contributed by atoms with van der Waals surface area (Å²) in [7, 11) is 0. The van der Waals surface area contributed by atoms with Crippen molar-refractivity contribution in [3.05, 3.63) is 320 Å². The summed E-state index contributed by atoms with van der Waals surface area (Å²) in [6, 6.07) is 60.8. The highest BCUT2D eigenvalue weighted by Gasteiger charge is 2.18. The molecule has 0 aliphatic heterocycles. The Morgan fingerprint density at radius 2 is 0.400 bits per heavy atom. The van der Waals surface area contributed by atoms with Gasteiger partial charge in [0.1, 0.15) is 153 Å². The van der Waals surface area contributed by atoms with Crippen molar-refractivity contribution in [1.82, 2.24) is 44.9 Å². The van der Waals surface area contributed by atoms with Crippen molar-refractivity contribution < 1.29 is 104 Å². The Morgan fingerprint density at radius 3 is 0.689 bits per heavy atom. The van der Waals surface area contributed by atoms with Crippen molar-refractivity contribution in [2.24, 2.45) is 17.2 Å². The number of hydrogen-bond acceptors (Lipinski definition) is 27. The fraction of sp³-hybridized carbons (Fsp3) is 0.118. The van der Waals surface area contributed by atoms with Gasteiger partial charge in [0, 0.05) is 69.2 Å². The number of carbonyl (C=O) groups excluding carboxylic acids is 6. The van der Waals surface area contributed by atoms with E-state index in [1.165, 1.54) is 45.0 Å². The van der Waals surface area contributed by atoms with Gasteiger partial charge in [0.25, 0.3) is 17.7 Å². The summed E-state index contributed by atoms with van der Waals surface area (Å²) in [5, 5.41) is 120. The fourth-order valence-corrected chi connectivity index (χ4v) is 13.3. The van der Waals surface area contributed by atoms with Gasteiger partial charge in [-0.2, -0.15) is 0 Å². The maximum atomic E-state index is 11.1. The number of aromatic nitrogens is 9. The number of aryl methyl sites for hydroxylation is 9. The van der Waals surface area contributed by atoms with Crippen LogP contribution in [0.2, 0.25) is 0 Å². The second-order valence-corrected chi connectivity index (χ2v) is 30.8. The number of carbonyl (C=O) groups is 9. The highest BCUT2D eigenvalue weighted by molar-refractivity contribution is 6.02. The first-order valence-corrected chi connectivity index (χ1v) is 40.8. The smallest absolute Gasteiger partial charge is 0.354 e. The zero-order valence-corrected chi connectivity index (χ0v) is 74.6. The molecular formula is C102H90N12O21. The largest absolute Gasteiger partial charge is 0.506 e. The minimum atomic E-state index is -1.10. The number of hydrogen-bond donors (Lipinski definition) is 15. The number of aromatic hydroxyl groups is 9. The predicted octanol–water partition coefficient (Wildman–Crippen LogP) is 17.2. The molecule has 9 heterocycles. The third-order valence-electron chi connectivity index (χ3n) is 20.5. The first-order chi connectivity index (χ1) is 63.8. The number of phenols is 9. The van der Waals surface area contributed by atoms with E-state index in [0.29, 0.717) is 72.3 Å². The summed E-state index contributed by atoms with van der Waals surface area (Å²) < 4.78 is 0. The van der Waals surface area contributed by atoms with Gasteiger partial charge in [-0.25, -0.2) is 59.2 Å². The van der Waals surface area contributed by atoms with E-state index in [2.05, 4.69) is 44.9 Å². The van der Waals surface area contributed by atoms with Crippen molar-refractivity contribution >= 4 is 151 Å². The molecule has 18 aromatic rings. The minimum absolute atomic E-state index is 0.00120. The molecule has 0 bridgehead atoms. The first-order valence-electron chi connectivity index (χ1n) is 40.8. The molecule has 0 aliphatic carbocycles. The van der Waals surface area contributed by atoms with Crippen LogP contribution in [0.5, 0.6) is 51.7 Å². The molecular weight excluding hydrogens is 1730 g/mol. The molecule has 0 unspecified atom stereocenters. The van der Waals surface area contributed by atoms with Crippen molar-refractivity contribution in [2.45, 2.75) is 83.1 Å². The van der Waals surface area contributed by atoms with Gasteiger partial charge in [-0.3, -0.25) is 28.8 Å². The molecule has 0 fully saturated rings. The molecule has 33 heteroatoms. The number of aromatic carboxylic acids is 3. The van der Waals surface area contributed by atoms with Crippen molar-refractivity contribution in [3.8, 4) is 51.7 Å². The van der Waals surface area contributed by atoms with Crippen molar-refractivity contribution in [3.63, 3.8) is 0 Å². The second kappa shape index (κ2) is 42.7. The summed E-state index contributed by atoms with van der Waals surface area (Å²) in [6.45, 7) is 21.0. The van der Waals surface area contributed by atoms with Gasteiger partial charge in [0.05, 0.1) is 0 Å². The summed E-state index contributed by atoms with van der Waals surface area (Å²) in [4.78, 5) is 134. The van der Waals surface area contributed by atoms with Gasteiger partial charge in [0.15, 0.2) is 17.3 Å². The van der Waals surface area contributed by atoms with E-state index in [9.17, 15) is 89.1 Å². The van der Waals surface area contributed by atoms with Crippen LogP contribution in [0, 0.1) is 62.3 Å². The number of nitrogens with zero attached hydrogens (tertiary/aromatic N) is 9. The molecule has 0 atom stereocenters. The number of fused-ring (bicyclic) bond motifs is 9. The maximum absolute atomic E-state index is 11.1. The third kappa shape index (κ3) is 24.2. The molecule has 18 N–H and O–H groups in total. The number of pyridine rings is 9. The number of carboxylic acid groups (broad SMARTS) is 3. The molecule has 684 valence electrons. The van der Waals surface area contributed by atoms with Gasteiger partial charge >= 0.3 is 17.9 Å². The van der Waals surface area contributed by atoms with Gasteiger partial charge in [-0.05, 0) is 228 Å². The summed E-state index contributed by atoms with van der Waals surface area (Å²) in [5.41, 5.74) is 28.3. The Hall–Kier alpha value is -18.3. The second-order valence-electron chi connectivity index (χ2n) is 30.8.